The molecule has 1 fully saturated rings. The average Bonchev–Trinajstić information content (AvgIpc) is 0.827. The molecule has 7 rings (SSSR count). The third-order valence-electron chi connectivity index (χ3n) is 19.3. The third-order valence-corrected chi connectivity index (χ3v) is 30.8. The molecule has 6 aromatic carbocycles. The van der Waals surface area contributed by atoms with E-state index in [1.165, 1.54) is 25.8 Å². The summed E-state index contributed by atoms with van der Waals surface area (Å²) in [5, 5.41) is 0. The molecule has 24 heteroatoms. The molecule has 0 amide bonds. The Balaban J connectivity index is 1.08. The molecule has 0 bridgehead atoms. The van der Waals surface area contributed by atoms with Crippen molar-refractivity contribution in [3.8, 4) is 0 Å². The summed E-state index contributed by atoms with van der Waals surface area (Å²) in [5.41, 5.74) is 5.45. The van der Waals surface area contributed by atoms with E-state index in [2.05, 4.69) is 0 Å². The molecule has 0 unspecified atom stereocenters. The van der Waals surface area contributed by atoms with Gasteiger partial charge in [-0.25, -0.2) is 50.5 Å². The summed E-state index contributed by atoms with van der Waals surface area (Å²) in [6.07, 6.45) is 17.6. The molecule has 6 aromatic rings. The van der Waals surface area contributed by atoms with Crippen molar-refractivity contribution in [2.24, 2.45) is 0 Å². The smallest absolute Gasteiger partial charge is 0.207 e. The summed E-state index contributed by atoms with van der Waals surface area (Å²) in [5.74, 6) is 0. The monoisotopic (exact) mass is 1520 g/mol. The van der Waals surface area contributed by atoms with Gasteiger partial charge in [0, 0.05) is 78.5 Å². The summed E-state index contributed by atoms with van der Waals surface area (Å²) in [7, 11) is -24.1. The lowest BCUT2D eigenvalue weighted by molar-refractivity contribution is 0.331. The Hall–Kier alpha value is -5.22. The molecule has 18 nitrogen and oxygen atoms in total. The van der Waals surface area contributed by atoms with Crippen LogP contribution in [0, 0.1) is 41.5 Å². The van der Waals surface area contributed by atoms with Crippen LogP contribution in [-0.2, 0) is 60.1 Å². The van der Waals surface area contributed by atoms with Crippen molar-refractivity contribution >= 4 is 60.1 Å². The van der Waals surface area contributed by atoms with Crippen LogP contribution >= 0.6 is 0 Å². The van der Waals surface area contributed by atoms with Gasteiger partial charge in [0.25, 0.3) is 0 Å². The lowest BCUT2D eigenvalue weighted by Crippen LogP contribution is -2.39. The van der Waals surface area contributed by atoms with Gasteiger partial charge in [0.05, 0.1) is 29.4 Å². The van der Waals surface area contributed by atoms with Crippen molar-refractivity contribution in [1.29, 1.82) is 0 Å². The van der Waals surface area contributed by atoms with Crippen LogP contribution in [0.1, 0.15) is 187 Å². The Morgan fingerprint density at radius 2 is 0.255 bits per heavy atom. The molecule has 0 saturated carbocycles. The number of benzene rings is 6. The topological polar surface area (TPSA) is 224 Å². The van der Waals surface area contributed by atoms with Gasteiger partial charge in [-0.05, 0) is 166 Å². The number of nitrogens with zero attached hydrogens (tertiary/aromatic N) is 6. The molecule has 1 aliphatic heterocycles. The highest BCUT2D eigenvalue weighted by molar-refractivity contribution is 7.90. The van der Waals surface area contributed by atoms with Crippen LogP contribution in [0.15, 0.2) is 175 Å². The number of hydrogen-bond donors (Lipinski definition) is 0. The molecule has 1 aliphatic rings. The maximum Gasteiger partial charge on any atom is 0.243 e. The molecule has 1 saturated heterocycles. The zero-order valence-corrected chi connectivity index (χ0v) is 66.2. The molecule has 0 atom stereocenters. The van der Waals surface area contributed by atoms with Crippen molar-refractivity contribution in [2.45, 2.75) is 225 Å². The first-order valence-corrected chi connectivity index (χ1v) is 45.7. The van der Waals surface area contributed by atoms with Crippen LogP contribution in [0.2, 0.25) is 0 Å². The fourth-order valence-electron chi connectivity index (χ4n) is 12.9. The fourth-order valence-corrected chi connectivity index (χ4v) is 22.0. The van der Waals surface area contributed by atoms with E-state index in [1.807, 2.05) is 41.5 Å². The van der Waals surface area contributed by atoms with E-state index in [0.717, 1.165) is 136 Å². The van der Waals surface area contributed by atoms with Crippen molar-refractivity contribution in [1.82, 2.24) is 25.8 Å². The summed E-state index contributed by atoms with van der Waals surface area (Å²) >= 11 is 0. The van der Waals surface area contributed by atoms with Crippen LogP contribution in [0.5, 0.6) is 0 Å². The van der Waals surface area contributed by atoms with E-state index in [0.29, 0.717) is 25.7 Å². The number of rotatable bonds is 12. The molecule has 0 aliphatic carbocycles. The molecule has 0 radical (unpaired) electrons. The minimum atomic E-state index is -4.10. The van der Waals surface area contributed by atoms with Gasteiger partial charge in [-0.3, -0.25) is 0 Å². The molecule has 102 heavy (non-hydrogen) atoms. The standard InChI is InChI=1S/C78H114N6O12S6/c1-67-31-43-73(44-32-67)97(85,86)79-55-23-19-15-11-7-8-12-16-20-25-57-81(99(89,90)75-47-35-69(3)36-48-75)61-29-65-84(102(95,96)78-53-41-72(6)42-54-78)66-30-62-82(100(91,92)76-49-37-70(4)38-50-76)58-26-22-18-14-10-9-13-17-21-24-56-80(98(87,88)74-45-33-68(2)34-46-74)60-28-64-83(63-27-59-79)101(93,94)77-51-39-71(5)40-52-77/h31-54H,7-30,55-66H2,1-6H3. The normalized spacial score (nSPS) is 18.9. The summed E-state index contributed by atoms with van der Waals surface area (Å²) < 4.78 is 183. The van der Waals surface area contributed by atoms with E-state index in [1.54, 1.807) is 146 Å². The second kappa shape index (κ2) is 41.0. The zero-order chi connectivity index (χ0) is 73.8. The third kappa shape index (κ3) is 25.5. The van der Waals surface area contributed by atoms with Crippen LogP contribution in [0.4, 0.5) is 0 Å². The molecule has 564 valence electrons. The molecule has 0 aromatic heterocycles. The summed E-state index contributed by atoms with van der Waals surface area (Å²) in [6, 6.07) is 40.3. The Labute approximate surface area is 614 Å². The highest BCUT2D eigenvalue weighted by atomic mass is 32.2. The van der Waals surface area contributed by atoms with Crippen molar-refractivity contribution < 1.29 is 50.5 Å². The highest BCUT2D eigenvalue weighted by Gasteiger charge is 2.32. The van der Waals surface area contributed by atoms with Gasteiger partial charge in [0.15, 0.2) is 0 Å². The van der Waals surface area contributed by atoms with E-state index in [-0.39, 0.29) is 134 Å². The second-order valence-electron chi connectivity index (χ2n) is 27.8. The number of aryl methyl sites for hydroxylation is 6. The van der Waals surface area contributed by atoms with Crippen LogP contribution in [0.25, 0.3) is 0 Å². The van der Waals surface area contributed by atoms with Gasteiger partial charge < -0.3 is 0 Å². The Bertz CT molecular complexity index is 3730. The summed E-state index contributed by atoms with van der Waals surface area (Å²) in [6.45, 7) is 12.6. The minimum Gasteiger partial charge on any atom is -0.207 e. The van der Waals surface area contributed by atoms with E-state index in [9.17, 15) is 50.5 Å². The van der Waals surface area contributed by atoms with E-state index < -0.39 is 60.1 Å². The molecule has 1 heterocycles. The lowest BCUT2D eigenvalue weighted by Gasteiger charge is -2.27. The number of sulfonamides is 6. The number of hydrogen-bond acceptors (Lipinski definition) is 12. The molecule has 0 spiro atoms. The molecular formula is C78H114N6O12S6. The maximum atomic E-state index is 14.6. The largest absolute Gasteiger partial charge is 0.243 e. The highest BCUT2D eigenvalue weighted by Crippen LogP contribution is 2.27. The first-order chi connectivity index (χ1) is 48.6. The first kappa shape index (κ1) is 84.0. The minimum absolute atomic E-state index is 0.00554. The van der Waals surface area contributed by atoms with Gasteiger partial charge in [0.1, 0.15) is 0 Å². The lowest BCUT2D eigenvalue weighted by atomic mass is 10.1. The fraction of sp³-hybridized carbons (Fsp3) is 0.538. The first-order valence-electron chi connectivity index (χ1n) is 37.0. The van der Waals surface area contributed by atoms with Crippen molar-refractivity contribution in [3.05, 3.63) is 179 Å². The Kier molecular flexibility index (Phi) is 33.8. The average molecular weight is 1520 g/mol. The van der Waals surface area contributed by atoms with Gasteiger partial charge in [-0.15, -0.1) is 0 Å². The van der Waals surface area contributed by atoms with Crippen LogP contribution < -0.4 is 0 Å². The SMILES string of the molecule is Cc1ccc(S(=O)(=O)N2CCCCCCCCCCCCN(S(=O)(=O)c3ccc(C)cc3)CCCN(S(=O)(=O)c3ccc(C)cc3)CCCN(S(=O)(=O)c3ccc(C)cc3)CCCCCCCCCCCCN(S(=O)(=O)c3ccc(C)cc3)CCCN(S(=O)(=O)c3ccc(C)cc3)CCC2)cc1. The predicted octanol–water partition coefficient (Wildman–Crippen LogP) is 15.4. The Morgan fingerprint density at radius 3 is 0.373 bits per heavy atom. The molecule has 0 N–H and O–H groups in total. The zero-order valence-electron chi connectivity index (χ0n) is 61.3. The molecular weight excluding hydrogens is 1410 g/mol. The Morgan fingerprint density at radius 1 is 0.157 bits per heavy atom. The van der Waals surface area contributed by atoms with Gasteiger partial charge >= 0.3 is 0 Å². The van der Waals surface area contributed by atoms with Crippen molar-refractivity contribution in [2.75, 3.05) is 78.5 Å². The van der Waals surface area contributed by atoms with Gasteiger partial charge in [0.2, 0.25) is 60.1 Å². The maximum absolute atomic E-state index is 14.6. The van der Waals surface area contributed by atoms with E-state index in [4.69, 9.17) is 0 Å². The quantitative estimate of drug-likeness (QED) is 0.112. The summed E-state index contributed by atoms with van der Waals surface area (Å²) in [4.78, 5) is 0.871. The van der Waals surface area contributed by atoms with Gasteiger partial charge in [-0.1, -0.05) is 209 Å². The second-order valence-corrected chi connectivity index (χ2v) is 39.4. The van der Waals surface area contributed by atoms with Crippen molar-refractivity contribution in [3.63, 3.8) is 0 Å². The predicted molar refractivity (Wildman–Crippen MR) is 410 cm³/mol. The van der Waals surface area contributed by atoms with Gasteiger partial charge in [-0.2, -0.15) is 25.8 Å². The van der Waals surface area contributed by atoms with Crippen LogP contribution in [0.3, 0.4) is 0 Å². The van der Waals surface area contributed by atoms with E-state index >= 15 is 0 Å². The van der Waals surface area contributed by atoms with Crippen LogP contribution in [-0.4, -0.2) is 155 Å².